The first-order valence-corrected chi connectivity index (χ1v) is 7.79. The van der Waals surface area contributed by atoms with E-state index in [1.807, 2.05) is 18.9 Å². The fraction of sp³-hybridized carbons (Fsp3) is 0.625. The number of hydrazine groups is 1. The molecule has 1 aromatic heterocycles. The van der Waals surface area contributed by atoms with Gasteiger partial charge in [-0.2, -0.15) is 5.26 Å². The van der Waals surface area contributed by atoms with Gasteiger partial charge >= 0.3 is 0 Å². The molecule has 0 aliphatic carbocycles. The van der Waals surface area contributed by atoms with Crippen molar-refractivity contribution in [2.24, 2.45) is 5.41 Å². The minimum Gasteiger partial charge on any atom is -0.273 e. The van der Waals surface area contributed by atoms with E-state index in [0.29, 0.717) is 0 Å². The van der Waals surface area contributed by atoms with Gasteiger partial charge in [0, 0.05) is 25.7 Å². The minimum absolute atomic E-state index is 0.0522. The number of aryl methyl sites for hydroxylation is 1. The van der Waals surface area contributed by atoms with Crippen LogP contribution in [0.3, 0.4) is 0 Å². The number of amides is 1. The van der Waals surface area contributed by atoms with Crippen LogP contribution in [-0.4, -0.2) is 39.0 Å². The van der Waals surface area contributed by atoms with Gasteiger partial charge in [0.05, 0.1) is 35.1 Å². The Balaban J connectivity index is 1.93. The lowest BCUT2D eigenvalue weighted by molar-refractivity contribution is -0.155. The first-order chi connectivity index (χ1) is 10.5. The van der Waals surface area contributed by atoms with Gasteiger partial charge in [0.2, 0.25) is 5.91 Å². The first kappa shape index (κ1) is 14.9. The Kier molecular flexibility index (Phi) is 3.83. The molecule has 22 heavy (non-hydrogen) atoms. The summed E-state index contributed by atoms with van der Waals surface area (Å²) in [4.78, 5) is 21.8. The van der Waals surface area contributed by atoms with Crippen molar-refractivity contribution in [3.8, 4) is 6.07 Å². The summed E-state index contributed by atoms with van der Waals surface area (Å²) >= 11 is 0. The summed E-state index contributed by atoms with van der Waals surface area (Å²) in [5, 5.41) is 13.1. The predicted octanol–water partition coefficient (Wildman–Crippen LogP) is 1.99. The standard InChI is InChI=1S/C16H21N5O/c1-12-10-19-13(11-18-12)14-4-9-20-8-3-5-16(2,6-7-17)15(22)21(14)20/h10-11,14H,3-6,8-9H2,1-2H3/t14-,16?/m0/s1. The second-order valence-corrected chi connectivity index (χ2v) is 6.49. The molecule has 0 radical (unpaired) electrons. The maximum atomic E-state index is 13.1. The zero-order valence-electron chi connectivity index (χ0n) is 13.1. The topological polar surface area (TPSA) is 73.1 Å². The van der Waals surface area contributed by atoms with Crippen LogP contribution in [0.25, 0.3) is 0 Å². The number of nitrogens with zero attached hydrogens (tertiary/aromatic N) is 5. The molecule has 2 fully saturated rings. The SMILES string of the molecule is Cc1cnc([C@@H]2CCN3CCCC(C)(CC#N)C(=O)N23)cn1. The molecular formula is C16H21N5O. The van der Waals surface area contributed by atoms with E-state index >= 15 is 0 Å². The van der Waals surface area contributed by atoms with Gasteiger partial charge in [-0.25, -0.2) is 5.01 Å². The molecule has 0 saturated carbocycles. The van der Waals surface area contributed by atoms with Crippen LogP contribution in [0.4, 0.5) is 0 Å². The van der Waals surface area contributed by atoms with Crippen molar-refractivity contribution in [2.75, 3.05) is 13.1 Å². The number of hydrogen-bond acceptors (Lipinski definition) is 5. The summed E-state index contributed by atoms with van der Waals surface area (Å²) in [6.07, 6.45) is 6.35. The zero-order chi connectivity index (χ0) is 15.7. The molecule has 2 saturated heterocycles. The minimum atomic E-state index is -0.593. The molecule has 0 spiro atoms. The van der Waals surface area contributed by atoms with Gasteiger partial charge in [-0.05, 0) is 33.1 Å². The van der Waals surface area contributed by atoms with Gasteiger partial charge in [0.1, 0.15) is 0 Å². The largest absolute Gasteiger partial charge is 0.273 e. The Hall–Kier alpha value is -2.00. The molecule has 0 N–H and O–H groups in total. The van der Waals surface area contributed by atoms with Crippen LogP contribution in [-0.2, 0) is 4.79 Å². The van der Waals surface area contributed by atoms with Crippen LogP contribution < -0.4 is 0 Å². The molecule has 3 heterocycles. The van der Waals surface area contributed by atoms with Gasteiger partial charge < -0.3 is 0 Å². The normalized spacial score (nSPS) is 29.0. The Morgan fingerprint density at radius 3 is 2.91 bits per heavy atom. The molecule has 116 valence electrons. The van der Waals surface area contributed by atoms with Crippen molar-refractivity contribution in [2.45, 2.75) is 45.6 Å². The Labute approximate surface area is 130 Å². The first-order valence-electron chi connectivity index (χ1n) is 7.79. The highest BCUT2D eigenvalue weighted by molar-refractivity contribution is 5.83. The van der Waals surface area contributed by atoms with Crippen molar-refractivity contribution in [3.05, 3.63) is 23.8 Å². The van der Waals surface area contributed by atoms with Crippen LogP contribution in [0.1, 0.15) is 50.0 Å². The molecule has 2 atom stereocenters. The predicted molar refractivity (Wildman–Crippen MR) is 80.1 cm³/mol. The number of aromatic nitrogens is 2. The molecular weight excluding hydrogens is 278 g/mol. The highest BCUT2D eigenvalue weighted by atomic mass is 16.2. The molecule has 6 heteroatoms. The van der Waals surface area contributed by atoms with Gasteiger partial charge in [-0.1, -0.05) is 0 Å². The summed E-state index contributed by atoms with van der Waals surface area (Å²) in [6, 6.07) is 2.13. The fourth-order valence-electron chi connectivity index (χ4n) is 3.41. The second-order valence-electron chi connectivity index (χ2n) is 6.49. The van der Waals surface area contributed by atoms with Crippen molar-refractivity contribution < 1.29 is 4.79 Å². The molecule has 3 rings (SSSR count). The molecule has 1 unspecified atom stereocenters. The Morgan fingerprint density at radius 1 is 1.41 bits per heavy atom. The van der Waals surface area contributed by atoms with E-state index in [-0.39, 0.29) is 18.4 Å². The summed E-state index contributed by atoms with van der Waals surface area (Å²) in [5.41, 5.74) is 1.11. The lowest BCUT2D eigenvalue weighted by Crippen LogP contribution is -2.46. The van der Waals surface area contributed by atoms with Crippen LogP contribution in [0.15, 0.2) is 12.4 Å². The number of hydrogen-bond donors (Lipinski definition) is 0. The third-order valence-corrected chi connectivity index (χ3v) is 4.74. The van der Waals surface area contributed by atoms with Gasteiger partial charge in [-0.3, -0.25) is 19.8 Å². The molecule has 0 aromatic carbocycles. The van der Waals surface area contributed by atoms with Crippen LogP contribution >= 0.6 is 0 Å². The Bertz CT molecular complexity index is 608. The van der Waals surface area contributed by atoms with Gasteiger partial charge in [0.25, 0.3) is 0 Å². The number of carbonyl (C=O) groups is 1. The smallest absolute Gasteiger partial charge is 0.244 e. The average Bonchev–Trinajstić information content (AvgIpc) is 2.86. The lowest BCUT2D eigenvalue weighted by atomic mass is 9.81. The van der Waals surface area contributed by atoms with E-state index in [9.17, 15) is 4.79 Å². The van der Waals surface area contributed by atoms with E-state index in [0.717, 1.165) is 43.7 Å². The van der Waals surface area contributed by atoms with E-state index in [2.05, 4.69) is 21.0 Å². The summed E-state index contributed by atoms with van der Waals surface area (Å²) in [5.74, 6) is 0.0522. The lowest BCUT2D eigenvalue weighted by Gasteiger charge is -2.35. The summed E-state index contributed by atoms with van der Waals surface area (Å²) < 4.78 is 0. The Morgan fingerprint density at radius 2 is 2.23 bits per heavy atom. The zero-order valence-corrected chi connectivity index (χ0v) is 13.1. The summed E-state index contributed by atoms with van der Waals surface area (Å²) in [7, 11) is 0. The van der Waals surface area contributed by atoms with E-state index < -0.39 is 5.41 Å². The van der Waals surface area contributed by atoms with Crippen molar-refractivity contribution in [1.29, 1.82) is 5.26 Å². The van der Waals surface area contributed by atoms with E-state index in [1.165, 1.54) is 0 Å². The number of fused-ring (bicyclic) bond motifs is 1. The highest BCUT2D eigenvalue weighted by Crippen LogP contribution is 2.41. The highest BCUT2D eigenvalue weighted by Gasteiger charge is 2.47. The number of nitriles is 1. The quantitative estimate of drug-likeness (QED) is 0.835. The number of carbonyl (C=O) groups excluding carboxylic acids is 1. The average molecular weight is 299 g/mol. The van der Waals surface area contributed by atoms with Crippen LogP contribution in [0.5, 0.6) is 0 Å². The van der Waals surface area contributed by atoms with Crippen LogP contribution in [0, 0.1) is 23.7 Å². The molecule has 2 aliphatic heterocycles. The van der Waals surface area contributed by atoms with Crippen molar-refractivity contribution in [3.63, 3.8) is 0 Å². The second kappa shape index (κ2) is 5.65. The van der Waals surface area contributed by atoms with E-state index in [4.69, 9.17) is 5.26 Å². The summed E-state index contributed by atoms with van der Waals surface area (Å²) in [6.45, 7) is 5.54. The van der Waals surface area contributed by atoms with E-state index in [1.54, 1.807) is 12.4 Å². The maximum absolute atomic E-state index is 13.1. The number of rotatable bonds is 2. The van der Waals surface area contributed by atoms with Crippen molar-refractivity contribution in [1.82, 2.24) is 20.0 Å². The molecule has 1 aromatic rings. The molecule has 0 bridgehead atoms. The van der Waals surface area contributed by atoms with Crippen LogP contribution in [0.2, 0.25) is 0 Å². The van der Waals surface area contributed by atoms with Crippen molar-refractivity contribution >= 4 is 5.91 Å². The fourth-order valence-corrected chi connectivity index (χ4v) is 3.41. The molecule has 2 aliphatic rings. The molecule has 6 nitrogen and oxygen atoms in total. The maximum Gasteiger partial charge on any atom is 0.244 e. The third-order valence-electron chi connectivity index (χ3n) is 4.74. The third kappa shape index (κ3) is 2.46. The van der Waals surface area contributed by atoms with Gasteiger partial charge in [0.15, 0.2) is 0 Å². The van der Waals surface area contributed by atoms with Gasteiger partial charge in [-0.15, -0.1) is 0 Å². The monoisotopic (exact) mass is 299 g/mol. The molecule has 1 amide bonds.